The number of hydrogen-bond donors (Lipinski definition) is 3. The summed E-state index contributed by atoms with van der Waals surface area (Å²) < 4.78 is 5.81. The van der Waals surface area contributed by atoms with Crippen LogP contribution in [0.2, 0.25) is 0 Å². The van der Waals surface area contributed by atoms with Crippen LogP contribution in [-0.2, 0) is 14.3 Å². The molecule has 0 heterocycles. The monoisotopic (exact) mass is 826 g/mol. The molecule has 0 aromatic heterocycles. The third kappa shape index (κ3) is 42.1. The summed E-state index contributed by atoms with van der Waals surface area (Å²) in [5, 5.41) is 23.7. The van der Waals surface area contributed by atoms with Crippen LogP contribution in [0.3, 0.4) is 0 Å². The molecular formula is C53H95NO5. The summed E-state index contributed by atoms with van der Waals surface area (Å²) in [7, 11) is 0. The van der Waals surface area contributed by atoms with E-state index < -0.39 is 18.2 Å². The fraction of sp³-hybridized carbons (Fsp3) is 0.774. The summed E-state index contributed by atoms with van der Waals surface area (Å²) in [6.45, 7) is 6.33. The molecule has 0 saturated carbocycles. The maximum Gasteiger partial charge on any atom is 0.306 e. The molecule has 342 valence electrons. The second-order valence-electron chi connectivity index (χ2n) is 16.8. The smallest absolute Gasteiger partial charge is 0.306 e. The zero-order valence-corrected chi connectivity index (χ0v) is 38.9. The summed E-state index contributed by atoms with van der Waals surface area (Å²) in [5.41, 5.74) is 0. The second-order valence-corrected chi connectivity index (χ2v) is 16.8. The first-order valence-electron chi connectivity index (χ1n) is 25.0. The Morgan fingerprint density at radius 2 is 0.881 bits per heavy atom. The first kappa shape index (κ1) is 56.6. The molecule has 3 unspecified atom stereocenters. The van der Waals surface area contributed by atoms with Crippen LogP contribution in [0, 0.1) is 0 Å². The van der Waals surface area contributed by atoms with Crippen LogP contribution < -0.4 is 5.32 Å². The fourth-order valence-corrected chi connectivity index (χ4v) is 7.33. The Bertz CT molecular complexity index is 1060. The van der Waals surface area contributed by atoms with Crippen LogP contribution in [0.5, 0.6) is 0 Å². The number of nitrogens with one attached hydrogen (secondary N) is 1. The summed E-state index contributed by atoms with van der Waals surface area (Å²) in [6, 6.07) is -0.740. The van der Waals surface area contributed by atoms with Gasteiger partial charge in [-0.05, 0) is 51.0 Å². The van der Waals surface area contributed by atoms with Gasteiger partial charge in [0.15, 0.2) is 0 Å². The molecule has 0 fully saturated rings. The van der Waals surface area contributed by atoms with Gasteiger partial charge in [0.25, 0.3) is 0 Å². The molecule has 0 aliphatic heterocycles. The minimum Gasteiger partial charge on any atom is -0.458 e. The predicted molar refractivity (Wildman–Crippen MR) is 255 cm³/mol. The van der Waals surface area contributed by atoms with Crippen LogP contribution >= 0.6 is 0 Å². The molecule has 3 N–H and O–H groups in total. The average Bonchev–Trinajstić information content (AvgIpc) is 3.23. The second kappa shape index (κ2) is 46.6. The molecule has 0 spiro atoms. The van der Waals surface area contributed by atoms with Crippen molar-refractivity contribution in [3.8, 4) is 0 Å². The van der Waals surface area contributed by atoms with Crippen LogP contribution in [0.1, 0.15) is 239 Å². The van der Waals surface area contributed by atoms with Gasteiger partial charge in [-0.2, -0.15) is 0 Å². The molecule has 0 aromatic rings. The lowest BCUT2D eigenvalue weighted by molar-refractivity contribution is -0.148. The molecule has 0 saturated heterocycles. The first-order chi connectivity index (χ1) is 29.0. The number of allylic oxidation sites excluding steroid dienone is 9. The van der Waals surface area contributed by atoms with Gasteiger partial charge in [-0.1, -0.05) is 236 Å². The van der Waals surface area contributed by atoms with Crippen molar-refractivity contribution in [3.05, 3.63) is 60.8 Å². The van der Waals surface area contributed by atoms with Crippen molar-refractivity contribution < 1.29 is 24.5 Å². The highest BCUT2D eigenvalue weighted by Gasteiger charge is 2.23. The topological polar surface area (TPSA) is 95.9 Å². The zero-order valence-electron chi connectivity index (χ0n) is 38.9. The molecule has 6 heteroatoms. The Morgan fingerprint density at radius 3 is 1.29 bits per heavy atom. The number of hydrogen-bond acceptors (Lipinski definition) is 5. The van der Waals surface area contributed by atoms with Gasteiger partial charge in [0.1, 0.15) is 6.10 Å². The van der Waals surface area contributed by atoms with Crippen molar-refractivity contribution in [2.24, 2.45) is 0 Å². The number of aliphatic hydroxyl groups excluding tert-OH is 2. The highest BCUT2D eigenvalue weighted by Crippen LogP contribution is 2.16. The quantitative estimate of drug-likeness (QED) is 0.0323. The number of rotatable bonds is 44. The van der Waals surface area contributed by atoms with Crippen molar-refractivity contribution >= 4 is 11.9 Å². The number of carbonyl (C=O) groups is 2. The van der Waals surface area contributed by atoms with E-state index in [4.69, 9.17) is 4.74 Å². The normalized spacial score (nSPS) is 13.8. The van der Waals surface area contributed by atoms with Crippen LogP contribution in [0.4, 0.5) is 0 Å². The van der Waals surface area contributed by atoms with Gasteiger partial charge in [-0.3, -0.25) is 9.59 Å². The van der Waals surface area contributed by atoms with E-state index in [-0.39, 0.29) is 24.9 Å². The summed E-state index contributed by atoms with van der Waals surface area (Å²) in [4.78, 5) is 26.0. The molecule has 0 aliphatic carbocycles. The highest BCUT2D eigenvalue weighted by atomic mass is 16.5. The maximum absolute atomic E-state index is 13.1. The van der Waals surface area contributed by atoms with Crippen molar-refractivity contribution in [1.29, 1.82) is 0 Å². The van der Waals surface area contributed by atoms with E-state index in [1.807, 2.05) is 6.08 Å². The predicted octanol–water partition coefficient (Wildman–Crippen LogP) is 14.8. The molecule has 0 rings (SSSR count). The maximum atomic E-state index is 13.1. The molecular weight excluding hydrogens is 731 g/mol. The largest absolute Gasteiger partial charge is 0.458 e. The number of carbonyl (C=O) groups excluding carboxylic acids is 2. The van der Waals surface area contributed by atoms with Crippen molar-refractivity contribution in [2.45, 2.75) is 257 Å². The van der Waals surface area contributed by atoms with Crippen LogP contribution in [0.25, 0.3) is 0 Å². The van der Waals surface area contributed by atoms with Crippen molar-refractivity contribution in [1.82, 2.24) is 5.32 Å². The number of esters is 1. The Kier molecular flexibility index (Phi) is 44.7. The third-order valence-electron chi connectivity index (χ3n) is 11.1. The van der Waals surface area contributed by atoms with E-state index >= 15 is 0 Å². The van der Waals surface area contributed by atoms with E-state index in [1.165, 1.54) is 128 Å². The molecule has 0 aromatic carbocycles. The summed E-state index contributed by atoms with van der Waals surface area (Å²) in [6.07, 6.45) is 57.4. The van der Waals surface area contributed by atoms with E-state index in [1.54, 1.807) is 6.08 Å². The minimum atomic E-state index is -0.818. The van der Waals surface area contributed by atoms with Gasteiger partial charge in [-0.25, -0.2) is 0 Å². The van der Waals surface area contributed by atoms with Crippen LogP contribution in [0.15, 0.2) is 60.8 Å². The molecule has 0 bridgehead atoms. The number of unbranched alkanes of at least 4 members (excludes halogenated alkanes) is 24. The zero-order chi connectivity index (χ0) is 43.1. The Balaban J connectivity index is 4.73. The van der Waals surface area contributed by atoms with E-state index in [9.17, 15) is 19.8 Å². The van der Waals surface area contributed by atoms with Gasteiger partial charge >= 0.3 is 5.97 Å². The molecule has 1 amide bonds. The molecule has 0 radical (unpaired) electrons. The first-order valence-corrected chi connectivity index (χ1v) is 25.0. The number of amides is 1. The van der Waals surface area contributed by atoms with E-state index in [2.05, 4.69) is 74.7 Å². The van der Waals surface area contributed by atoms with Crippen molar-refractivity contribution in [3.63, 3.8) is 0 Å². The lowest BCUT2D eigenvalue weighted by Crippen LogP contribution is -2.46. The Hall–Kier alpha value is -2.44. The summed E-state index contributed by atoms with van der Waals surface area (Å²) in [5.74, 6) is -0.624. The Morgan fingerprint density at radius 1 is 0.508 bits per heavy atom. The molecule has 6 nitrogen and oxygen atoms in total. The van der Waals surface area contributed by atoms with Crippen molar-refractivity contribution in [2.75, 3.05) is 6.61 Å². The van der Waals surface area contributed by atoms with Crippen LogP contribution in [-0.4, -0.2) is 46.9 Å². The average molecular weight is 826 g/mol. The molecule has 0 aliphatic rings. The Labute approximate surface area is 365 Å². The van der Waals surface area contributed by atoms with Gasteiger partial charge in [0, 0.05) is 6.42 Å². The van der Waals surface area contributed by atoms with E-state index in [0.29, 0.717) is 19.3 Å². The number of aliphatic hydroxyl groups is 2. The summed E-state index contributed by atoms with van der Waals surface area (Å²) >= 11 is 0. The van der Waals surface area contributed by atoms with Gasteiger partial charge < -0.3 is 20.3 Å². The molecule has 59 heavy (non-hydrogen) atoms. The van der Waals surface area contributed by atoms with E-state index in [0.717, 1.165) is 64.2 Å². The minimum absolute atomic E-state index is 0.0446. The highest BCUT2D eigenvalue weighted by molar-refractivity contribution is 5.78. The SMILES string of the molecule is CC/C=C/C/C=C/C/C=C/C/C=C/C/C=C/C(CC(=O)NC(CO)C(O)CCCCCCCCCCCCCC)OC(=O)CCCCCCCCCCCCCCCC. The number of ether oxygens (including phenoxy) is 1. The lowest BCUT2D eigenvalue weighted by Gasteiger charge is -2.23. The third-order valence-corrected chi connectivity index (χ3v) is 11.1. The van der Waals surface area contributed by atoms with Gasteiger partial charge in [0.05, 0.1) is 25.2 Å². The molecule has 3 atom stereocenters. The van der Waals surface area contributed by atoms with Gasteiger partial charge in [-0.15, -0.1) is 0 Å². The lowest BCUT2D eigenvalue weighted by atomic mass is 10.0. The standard InChI is InChI=1S/C53H95NO5/c1-4-7-10-13-16-19-22-25-27-29-32-35-38-41-44-49(59-53(58)46-43-40-37-34-31-28-26-23-20-17-14-11-8-5-2)47-52(57)54-50(48-55)51(56)45-42-39-36-33-30-24-21-18-15-12-9-6-3/h7,10,16,19,25,27,32,35,41,44,49-51,55-56H,4-6,8-9,11-15,17-18,20-24,26,28-31,33-34,36-40,42-43,45-48H2,1-3H3,(H,54,57)/b10-7+,19-16+,27-25+,35-32+,44-41+. The van der Waals surface area contributed by atoms with Gasteiger partial charge in [0.2, 0.25) is 5.91 Å². The fourth-order valence-electron chi connectivity index (χ4n) is 7.33.